The third-order valence-electron chi connectivity index (χ3n) is 3.59. The summed E-state index contributed by atoms with van der Waals surface area (Å²) in [4.78, 5) is 0. The summed E-state index contributed by atoms with van der Waals surface area (Å²) in [5.74, 6) is 0.837. The second-order valence-electron chi connectivity index (χ2n) is 4.90. The van der Waals surface area contributed by atoms with E-state index in [1.165, 1.54) is 24.0 Å². The molecular formula is C15H23NO. The van der Waals surface area contributed by atoms with Crippen LogP contribution >= 0.6 is 0 Å². The molecule has 1 aromatic carbocycles. The molecule has 1 aliphatic carbocycles. The molecule has 2 nitrogen and oxygen atoms in total. The van der Waals surface area contributed by atoms with Gasteiger partial charge in [-0.1, -0.05) is 31.2 Å². The van der Waals surface area contributed by atoms with Crippen LogP contribution in [0.3, 0.4) is 0 Å². The highest BCUT2D eigenvalue weighted by Gasteiger charge is 2.30. The van der Waals surface area contributed by atoms with Crippen LogP contribution in [0.5, 0.6) is 0 Å². The number of aryl methyl sites for hydroxylation is 1. The smallest absolute Gasteiger partial charge is 0.0618 e. The van der Waals surface area contributed by atoms with Gasteiger partial charge in [0.05, 0.1) is 6.61 Å². The summed E-state index contributed by atoms with van der Waals surface area (Å²) in [6, 6.07) is 9.22. The normalized spacial score (nSPS) is 17.1. The van der Waals surface area contributed by atoms with Gasteiger partial charge in [0.25, 0.3) is 0 Å². The highest BCUT2D eigenvalue weighted by molar-refractivity contribution is 5.26. The van der Waals surface area contributed by atoms with Crippen LogP contribution in [0, 0.1) is 5.92 Å². The van der Waals surface area contributed by atoms with Crippen LogP contribution in [0.2, 0.25) is 0 Å². The Morgan fingerprint density at radius 1 is 1.29 bits per heavy atom. The fraction of sp³-hybridized carbons (Fsp3) is 0.600. The molecule has 1 unspecified atom stereocenters. The predicted molar refractivity (Wildman–Crippen MR) is 71.0 cm³/mol. The van der Waals surface area contributed by atoms with E-state index in [9.17, 15) is 0 Å². The summed E-state index contributed by atoms with van der Waals surface area (Å²) in [6.45, 7) is 4.01. The van der Waals surface area contributed by atoms with Gasteiger partial charge in [-0.25, -0.2) is 0 Å². The Morgan fingerprint density at radius 2 is 2.00 bits per heavy atom. The Morgan fingerprint density at radius 3 is 2.59 bits per heavy atom. The average Bonchev–Trinajstić information content (AvgIpc) is 3.19. The molecule has 2 rings (SSSR count). The van der Waals surface area contributed by atoms with Gasteiger partial charge >= 0.3 is 0 Å². The van der Waals surface area contributed by atoms with E-state index in [1.54, 1.807) is 7.11 Å². The minimum absolute atomic E-state index is 0.532. The molecule has 1 N–H and O–H groups in total. The Bertz CT molecular complexity index is 347. The van der Waals surface area contributed by atoms with E-state index in [2.05, 4.69) is 36.5 Å². The predicted octanol–water partition coefficient (Wildman–Crippen LogP) is 2.76. The van der Waals surface area contributed by atoms with E-state index in [0.29, 0.717) is 6.04 Å². The molecule has 2 heteroatoms. The van der Waals surface area contributed by atoms with Gasteiger partial charge < -0.3 is 10.1 Å². The van der Waals surface area contributed by atoms with Crippen molar-refractivity contribution in [2.45, 2.75) is 38.8 Å². The Labute approximate surface area is 104 Å². The van der Waals surface area contributed by atoms with Crippen LogP contribution in [-0.4, -0.2) is 19.8 Å². The van der Waals surface area contributed by atoms with Crippen LogP contribution in [-0.2, 0) is 17.7 Å². The molecule has 1 aromatic rings. The molecule has 0 bridgehead atoms. The zero-order valence-electron chi connectivity index (χ0n) is 10.9. The monoisotopic (exact) mass is 233 g/mol. The van der Waals surface area contributed by atoms with Crippen molar-refractivity contribution in [1.82, 2.24) is 5.32 Å². The lowest BCUT2D eigenvalue weighted by molar-refractivity contribution is 0.157. The van der Waals surface area contributed by atoms with Crippen LogP contribution in [0.4, 0.5) is 0 Å². The maximum Gasteiger partial charge on any atom is 0.0618 e. The fourth-order valence-electron chi connectivity index (χ4n) is 2.36. The molecule has 0 saturated heterocycles. The summed E-state index contributed by atoms with van der Waals surface area (Å²) in [5.41, 5.74) is 2.88. The molecule has 17 heavy (non-hydrogen) atoms. The van der Waals surface area contributed by atoms with Gasteiger partial charge in [-0.2, -0.15) is 0 Å². The van der Waals surface area contributed by atoms with E-state index in [4.69, 9.17) is 4.74 Å². The molecule has 1 fully saturated rings. The summed E-state index contributed by atoms with van der Waals surface area (Å²) in [7, 11) is 1.79. The van der Waals surface area contributed by atoms with Crippen LogP contribution in [0.15, 0.2) is 24.3 Å². The van der Waals surface area contributed by atoms with Gasteiger partial charge in [0, 0.05) is 19.7 Å². The first-order chi connectivity index (χ1) is 8.35. The van der Waals surface area contributed by atoms with Gasteiger partial charge in [-0.05, 0) is 36.3 Å². The molecule has 1 aliphatic rings. The zero-order chi connectivity index (χ0) is 12.1. The number of hydrogen-bond acceptors (Lipinski definition) is 2. The number of benzene rings is 1. The van der Waals surface area contributed by atoms with Crippen molar-refractivity contribution in [3.8, 4) is 0 Å². The lowest BCUT2D eigenvalue weighted by Gasteiger charge is -2.18. The first-order valence-electron chi connectivity index (χ1n) is 6.64. The number of ether oxygens (including phenoxy) is 1. The Kier molecular flexibility index (Phi) is 4.57. The molecule has 0 spiro atoms. The van der Waals surface area contributed by atoms with Gasteiger partial charge in [0.1, 0.15) is 0 Å². The summed E-state index contributed by atoms with van der Waals surface area (Å²) < 4.78 is 5.29. The maximum atomic E-state index is 5.29. The van der Waals surface area contributed by atoms with E-state index in [1.807, 2.05) is 0 Å². The summed E-state index contributed by atoms with van der Waals surface area (Å²) >= 11 is 0. The molecule has 0 heterocycles. The molecule has 0 aliphatic heterocycles. The topological polar surface area (TPSA) is 21.3 Å². The van der Waals surface area contributed by atoms with Crippen molar-refractivity contribution in [2.24, 2.45) is 5.92 Å². The van der Waals surface area contributed by atoms with Crippen LogP contribution in [0.25, 0.3) is 0 Å². The van der Waals surface area contributed by atoms with Gasteiger partial charge in [-0.3, -0.25) is 0 Å². The fourth-order valence-corrected chi connectivity index (χ4v) is 2.36. The van der Waals surface area contributed by atoms with E-state index in [-0.39, 0.29) is 0 Å². The standard InChI is InChI=1S/C15H23NO/c1-3-12-6-4-5-7-14(12)10-16-15(11-17-2)13-8-9-13/h4-7,13,15-16H,3,8-11H2,1-2H3. The minimum atomic E-state index is 0.532. The number of nitrogens with one attached hydrogen (secondary N) is 1. The van der Waals surface area contributed by atoms with Gasteiger partial charge in [0.15, 0.2) is 0 Å². The van der Waals surface area contributed by atoms with Crippen molar-refractivity contribution in [1.29, 1.82) is 0 Å². The number of hydrogen-bond donors (Lipinski definition) is 1. The molecule has 0 aromatic heterocycles. The molecule has 94 valence electrons. The molecule has 0 amide bonds. The molecule has 1 saturated carbocycles. The Hall–Kier alpha value is -0.860. The zero-order valence-corrected chi connectivity index (χ0v) is 10.9. The van der Waals surface area contributed by atoms with Gasteiger partial charge in [-0.15, -0.1) is 0 Å². The lowest BCUT2D eigenvalue weighted by Crippen LogP contribution is -2.34. The number of rotatable bonds is 7. The first-order valence-corrected chi connectivity index (χ1v) is 6.64. The maximum absolute atomic E-state index is 5.29. The summed E-state index contributed by atoms with van der Waals surface area (Å²) in [5, 5.41) is 3.65. The van der Waals surface area contributed by atoms with Crippen molar-refractivity contribution >= 4 is 0 Å². The minimum Gasteiger partial charge on any atom is -0.383 e. The number of methoxy groups -OCH3 is 1. The third kappa shape index (κ3) is 3.55. The van der Waals surface area contributed by atoms with E-state index < -0.39 is 0 Å². The van der Waals surface area contributed by atoms with Crippen molar-refractivity contribution in [3.63, 3.8) is 0 Å². The van der Waals surface area contributed by atoms with Crippen LogP contribution < -0.4 is 5.32 Å². The van der Waals surface area contributed by atoms with Crippen molar-refractivity contribution in [2.75, 3.05) is 13.7 Å². The van der Waals surface area contributed by atoms with Crippen LogP contribution in [0.1, 0.15) is 30.9 Å². The quantitative estimate of drug-likeness (QED) is 0.782. The highest BCUT2D eigenvalue weighted by Crippen LogP contribution is 2.32. The van der Waals surface area contributed by atoms with Crippen molar-refractivity contribution in [3.05, 3.63) is 35.4 Å². The SMILES string of the molecule is CCc1ccccc1CNC(COC)C1CC1. The van der Waals surface area contributed by atoms with E-state index in [0.717, 1.165) is 25.5 Å². The molecule has 1 atom stereocenters. The second kappa shape index (κ2) is 6.18. The van der Waals surface area contributed by atoms with Gasteiger partial charge in [0.2, 0.25) is 0 Å². The summed E-state index contributed by atoms with van der Waals surface area (Å²) in [6.07, 6.45) is 3.82. The van der Waals surface area contributed by atoms with Crippen molar-refractivity contribution < 1.29 is 4.74 Å². The Balaban J connectivity index is 1.91. The lowest BCUT2D eigenvalue weighted by atomic mass is 10.0. The third-order valence-corrected chi connectivity index (χ3v) is 3.59. The first kappa shape index (κ1) is 12.6. The highest BCUT2D eigenvalue weighted by atomic mass is 16.5. The second-order valence-corrected chi connectivity index (χ2v) is 4.90. The molecular weight excluding hydrogens is 210 g/mol. The largest absolute Gasteiger partial charge is 0.383 e. The average molecular weight is 233 g/mol. The van der Waals surface area contributed by atoms with E-state index >= 15 is 0 Å². The molecule has 0 radical (unpaired) electrons.